The normalized spacial score (nSPS) is 10.2. The topological polar surface area (TPSA) is 50.4 Å². The van der Waals surface area contributed by atoms with Gasteiger partial charge in [-0.1, -0.05) is 0 Å². The highest BCUT2D eigenvalue weighted by Gasteiger charge is 2.13. The summed E-state index contributed by atoms with van der Waals surface area (Å²) in [5, 5.41) is 5.25. The first-order valence-corrected chi connectivity index (χ1v) is 5.60. The Morgan fingerprint density at radius 2 is 1.94 bits per heavy atom. The SMILES string of the molecule is CCNC(=O)COc1c(F)cc(CNC)cc1F. The quantitative estimate of drug-likeness (QED) is 0.806. The van der Waals surface area contributed by atoms with Gasteiger partial charge >= 0.3 is 0 Å². The van der Waals surface area contributed by atoms with Crippen LogP contribution in [0.25, 0.3) is 0 Å². The lowest BCUT2D eigenvalue weighted by Crippen LogP contribution is -2.28. The van der Waals surface area contributed by atoms with E-state index in [1.54, 1.807) is 14.0 Å². The molecule has 1 rings (SSSR count). The molecule has 2 N–H and O–H groups in total. The fraction of sp³-hybridized carbons (Fsp3) is 0.417. The van der Waals surface area contributed by atoms with Crippen molar-refractivity contribution in [2.45, 2.75) is 13.5 Å². The summed E-state index contributed by atoms with van der Waals surface area (Å²) in [6.45, 7) is 2.12. The van der Waals surface area contributed by atoms with Gasteiger partial charge in [0.1, 0.15) is 0 Å². The fourth-order valence-corrected chi connectivity index (χ4v) is 1.44. The second-order valence-electron chi connectivity index (χ2n) is 3.66. The predicted molar refractivity (Wildman–Crippen MR) is 63.3 cm³/mol. The summed E-state index contributed by atoms with van der Waals surface area (Å²) in [6.07, 6.45) is 0. The minimum atomic E-state index is -0.815. The first-order chi connectivity index (χ1) is 8.58. The summed E-state index contributed by atoms with van der Waals surface area (Å²) < 4.78 is 31.9. The molecule has 0 saturated heterocycles. The second kappa shape index (κ2) is 6.90. The molecule has 0 atom stereocenters. The largest absolute Gasteiger partial charge is 0.478 e. The van der Waals surface area contributed by atoms with Gasteiger partial charge in [-0.3, -0.25) is 4.79 Å². The maximum absolute atomic E-state index is 13.5. The van der Waals surface area contributed by atoms with E-state index in [-0.39, 0.29) is 0 Å². The summed E-state index contributed by atoms with van der Waals surface area (Å²) in [5.74, 6) is -2.58. The van der Waals surface area contributed by atoms with Gasteiger partial charge in [0.05, 0.1) is 0 Å². The van der Waals surface area contributed by atoms with E-state index in [1.165, 1.54) is 12.1 Å². The molecule has 0 radical (unpaired) electrons. The van der Waals surface area contributed by atoms with Gasteiger partial charge in [-0.2, -0.15) is 0 Å². The van der Waals surface area contributed by atoms with Crippen LogP contribution in [0.1, 0.15) is 12.5 Å². The first kappa shape index (κ1) is 14.4. The Bertz CT molecular complexity index is 402. The number of carbonyl (C=O) groups excluding carboxylic acids is 1. The lowest BCUT2D eigenvalue weighted by Gasteiger charge is -2.09. The van der Waals surface area contributed by atoms with Crippen LogP contribution >= 0.6 is 0 Å². The van der Waals surface area contributed by atoms with E-state index in [9.17, 15) is 13.6 Å². The number of hydrogen-bond donors (Lipinski definition) is 2. The molecular weight excluding hydrogens is 242 g/mol. The summed E-state index contributed by atoms with van der Waals surface area (Å²) in [5.41, 5.74) is 0.470. The minimum Gasteiger partial charge on any atom is -0.478 e. The molecule has 6 heteroatoms. The zero-order chi connectivity index (χ0) is 13.5. The highest BCUT2D eigenvalue weighted by atomic mass is 19.1. The van der Waals surface area contributed by atoms with Crippen molar-refractivity contribution in [1.29, 1.82) is 0 Å². The fourth-order valence-electron chi connectivity index (χ4n) is 1.44. The molecule has 0 saturated carbocycles. The Labute approximate surface area is 104 Å². The molecule has 0 fully saturated rings. The Balaban J connectivity index is 2.74. The molecule has 0 bridgehead atoms. The van der Waals surface area contributed by atoms with Gasteiger partial charge in [-0.25, -0.2) is 8.78 Å². The van der Waals surface area contributed by atoms with Crippen molar-refractivity contribution < 1.29 is 18.3 Å². The smallest absolute Gasteiger partial charge is 0.257 e. The van der Waals surface area contributed by atoms with Crippen LogP contribution in [-0.2, 0) is 11.3 Å². The number of likely N-dealkylation sites (N-methyl/N-ethyl adjacent to an activating group) is 1. The van der Waals surface area contributed by atoms with E-state index >= 15 is 0 Å². The van der Waals surface area contributed by atoms with Crippen LogP contribution in [0.5, 0.6) is 5.75 Å². The third-order valence-electron chi connectivity index (χ3n) is 2.16. The highest BCUT2D eigenvalue weighted by Crippen LogP contribution is 2.23. The highest BCUT2D eigenvalue weighted by molar-refractivity contribution is 5.77. The first-order valence-electron chi connectivity index (χ1n) is 5.60. The maximum atomic E-state index is 13.5. The van der Waals surface area contributed by atoms with Gasteiger partial charge in [0.25, 0.3) is 5.91 Å². The lowest BCUT2D eigenvalue weighted by atomic mass is 10.2. The molecule has 18 heavy (non-hydrogen) atoms. The molecule has 0 aliphatic carbocycles. The van der Waals surface area contributed by atoms with Crippen molar-refractivity contribution in [2.24, 2.45) is 0 Å². The van der Waals surface area contributed by atoms with Gasteiger partial charge in [0.2, 0.25) is 0 Å². The third kappa shape index (κ3) is 3.96. The molecule has 0 heterocycles. The minimum absolute atomic E-state index is 0.352. The third-order valence-corrected chi connectivity index (χ3v) is 2.16. The molecule has 0 spiro atoms. The predicted octanol–water partition coefficient (Wildman–Crippen LogP) is 1.20. The lowest BCUT2D eigenvalue weighted by molar-refractivity contribution is -0.123. The zero-order valence-electron chi connectivity index (χ0n) is 10.3. The van der Waals surface area contributed by atoms with Crippen LogP contribution in [0, 0.1) is 11.6 Å². The van der Waals surface area contributed by atoms with E-state index in [4.69, 9.17) is 4.74 Å². The number of halogens is 2. The van der Waals surface area contributed by atoms with E-state index in [0.717, 1.165) is 0 Å². The van der Waals surface area contributed by atoms with Gasteiger partial charge in [0.15, 0.2) is 24.0 Å². The van der Waals surface area contributed by atoms with Crippen LogP contribution in [0.4, 0.5) is 8.78 Å². The summed E-state index contributed by atoms with van der Waals surface area (Å²) in [4.78, 5) is 11.1. The Kier molecular flexibility index (Phi) is 5.51. The zero-order valence-corrected chi connectivity index (χ0v) is 10.3. The molecular formula is C12H16F2N2O2. The summed E-state index contributed by atoms with van der Waals surface area (Å²) in [7, 11) is 1.68. The van der Waals surface area contributed by atoms with Crippen LogP contribution < -0.4 is 15.4 Å². The van der Waals surface area contributed by atoms with Crippen molar-refractivity contribution in [3.8, 4) is 5.75 Å². The van der Waals surface area contributed by atoms with E-state index in [2.05, 4.69) is 10.6 Å². The van der Waals surface area contributed by atoms with Crippen LogP contribution in [0.3, 0.4) is 0 Å². The van der Waals surface area contributed by atoms with Crippen molar-refractivity contribution >= 4 is 5.91 Å². The van der Waals surface area contributed by atoms with Crippen LogP contribution in [0.2, 0.25) is 0 Å². The molecule has 1 aromatic carbocycles. The monoisotopic (exact) mass is 258 g/mol. The molecule has 0 unspecified atom stereocenters. The molecule has 100 valence electrons. The molecule has 4 nitrogen and oxygen atoms in total. The van der Waals surface area contributed by atoms with Crippen molar-refractivity contribution in [1.82, 2.24) is 10.6 Å². The maximum Gasteiger partial charge on any atom is 0.257 e. The van der Waals surface area contributed by atoms with E-state index in [1.807, 2.05) is 0 Å². The number of amides is 1. The van der Waals surface area contributed by atoms with Gasteiger partial charge in [-0.05, 0) is 31.7 Å². The number of nitrogens with one attached hydrogen (secondary N) is 2. The standard InChI is InChI=1S/C12H16F2N2O2/c1-3-16-11(17)7-18-12-9(13)4-8(6-15-2)5-10(12)14/h4-5,15H,3,6-7H2,1-2H3,(H,16,17). The number of benzene rings is 1. The number of hydrogen-bond acceptors (Lipinski definition) is 3. The molecule has 1 amide bonds. The van der Waals surface area contributed by atoms with Crippen LogP contribution in [-0.4, -0.2) is 26.1 Å². The van der Waals surface area contributed by atoms with Crippen molar-refractivity contribution in [2.75, 3.05) is 20.2 Å². The van der Waals surface area contributed by atoms with Crippen molar-refractivity contribution in [3.63, 3.8) is 0 Å². The number of rotatable bonds is 6. The van der Waals surface area contributed by atoms with Crippen LogP contribution in [0.15, 0.2) is 12.1 Å². The summed E-state index contributed by atoms with van der Waals surface area (Å²) in [6, 6.07) is 2.35. The van der Waals surface area contributed by atoms with Gasteiger partial charge in [-0.15, -0.1) is 0 Å². The number of carbonyl (C=O) groups is 1. The Morgan fingerprint density at radius 1 is 1.33 bits per heavy atom. The molecule has 1 aromatic rings. The average Bonchev–Trinajstić information content (AvgIpc) is 2.28. The van der Waals surface area contributed by atoms with Gasteiger partial charge < -0.3 is 15.4 Å². The van der Waals surface area contributed by atoms with E-state index in [0.29, 0.717) is 18.7 Å². The van der Waals surface area contributed by atoms with Crippen molar-refractivity contribution in [3.05, 3.63) is 29.3 Å². The molecule has 0 aliphatic rings. The number of ether oxygens (including phenoxy) is 1. The second-order valence-corrected chi connectivity index (χ2v) is 3.66. The van der Waals surface area contributed by atoms with Gasteiger partial charge in [0, 0.05) is 13.1 Å². The molecule has 0 aromatic heterocycles. The van der Waals surface area contributed by atoms with E-state index < -0.39 is 29.9 Å². The average molecular weight is 258 g/mol. The summed E-state index contributed by atoms with van der Waals surface area (Å²) >= 11 is 0. The Morgan fingerprint density at radius 3 is 2.44 bits per heavy atom. The molecule has 0 aliphatic heterocycles. The Hall–Kier alpha value is -1.69.